The first kappa shape index (κ1) is 18.6. The maximum Gasteiger partial charge on any atom is 0.145 e. The van der Waals surface area contributed by atoms with Crippen molar-refractivity contribution in [2.45, 2.75) is 31.7 Å². The number of aromatic nitrogens is 2. The summed E-state index contributed by atoms with van der Waals surface area (Å²) in [5.74, 6) is 1.81. The molecule has 3 N–H and O–H groups in total. The molecular weight excluding hydrogens is 355 g/mol. The highest BCUT2D eigenvalue weighted by molar-refractivity contribution is 5.96. The molecule has 1 fully saturated rings. The van der Waals surface area contributed by atoms with Gasteiger partial charge in [-0.1, -0.05) is 12.1 Å². The third-order valence-corrected chi connectivity index (χ3v) is 5.55. The number of rotatable bonds is 5. The Morgan fingerprint density at radius 2 is 1.82 bits per heavy atom. The van der Waals surface area contributed by atoms with E-state index >= 15 is 0 Å². The highest BCUT2D eigenvalue weighted by Crippen LogP contribution is 2.34. The summed E-state index contributed by atoms with van der Waals surface area (Å²) in [5.41, 5.74) is 8.62. The van der Waals surface area contributed by atoms with Gasteiger partial charge in [-0.15, -0.1) is 0 Å². The molecule has 0 spiro atoms. The largest absolute Gasteiger partial charge is 0.494 e. The summed E-state index contributed by atoms with van der Waals surface area (Å²) in [6.07, 6.45) is 6.00. The molecule has 4 rings (SSSR count). The van der Waals surface area contributed by atoms with Gasteiger partial charge in [0, 0.05) is 18.0 Å². The summed E-state index contributed by atoms with van der Waals surface area (Å²) < 4.78 is 18.9. The molecule has 0 saturated heterocycles. The minimum Gasteiger partial charge on any atom is -0.494 e. The summed E-state index contributed by atoms with van der Waals surface area (Å²) in [5, 5.41) is 4.40. The smallest absolute Gasteiger partial charge is 0.145 e. The van der Waals surface area contributed by atoms with Crippen LogP contribution in [0.3, 0.4) is 0 Å². The maximum atomic E-state index is 13.3. The number of nitrogens with one attached hydrogen (secondary N) is 1. The van der Waals surface area contributed by atoms with Gasteiger partial charge in [0.05, 0.1) is 7.11 Å². The van der Waals surface area contributed by atoms with E-state index < -0.39 is 0 Å². The zero-order valence-corrected chi connectivity index (χ0v) is 16.0. The molecule has 0 atom stereocenters. The van der Waals surface area contributed by atoms with Gasteiger partial charge in [-0.2, -0.15) is 0 Å². The second kappa shape index (κ2) is 8.10. The van der Waals surface area contributed by atoms with Crippen molar-refractivity contribution in [3.8, 4) is 16.9 Å². The minimum absolute atomic E-state index is 0.255. The van der Waals surface area contributed by atoms with E-state index in [9.17, 15) is 4.39 Å². The quantitative estimate of drug-likeness (QED) is 0.687. The number of halogens is 1. The number of fused-ring (bicyclic) bond motifs is 1. The third-order valence-electron chi connectivity index (χ3n) is 5.55. The van der Waals surface area contributed by atoms with E-state index in [-0.39, 0.29) is 5.82 Å². The Morgan fingerprint density at radius 3 is 2.54 bits per heavy atom. The van der Waals surface area contributed by atoms with Crippen molar-refractivity contribution in [2.24, 2.45) is 11.7 Å². The van der Waals surface area contributed by atoms with Crippen LogP contribution in [0.5, 0.6) is 5.75 Å². The van der Waals surface area contributed by atoms with E-state index in [4.69, 9.17) is 10.5 Å². The van der Waals surface area contributed by atoms with Crippen molar-refractivity contribution < 1.29 is 9.13 Å². The molecule has 1 aliphatic carbocycles. The zero-order valence-electron chi connectivity index (χ0n) is 16.0. The average molecular weight is 380 g/mol. The number of methoxy groups -OCH3 is 1. The van der Waals surface area contributed by atoms with Crippen LogP contribution in [0, 0.1) is 11.7 Å². The molecule has 146 valence electrons. The number of hydrogen-bond donors (Lipinski definition) is 2. The standard InChI is InChI=1S/C22H25FN4O/c1-28-20-11-16(15-4-6-17(23)7-5-15)10-19-21(20)26-13-27-22(19)25-12-14-2-8-18(24)9-3-14/h4-7,10-11,13-14,18H,2-3,8-9,12,24H2,1H3,(H,25,26,27). The summed E-state index contributed by atoms with van der Waals surface area (Å²) in [6.45, 7) is 0.863. The van der Waals surface area contributed by atoms with E-state index in [0.717, 1.165) is 60.1 Å². The SMILES string of the molecule is COc1cc(-c2ccc(F)cc2)cc2c(NCC3CCC(N)CC3)ncnc12. The topological polar surface area (TPSA) is 73.1 Å². The molecule has 0 bridgehead atoms. The second-order valence-electron chi connectivity index (χ2n) is 7.47. The molecule has 28 heavy (non-hydrogen) atoms. The van der Waals surface area contributed by atoms with Crippen molar-refractivity contribution in [2.75, 3.05) is 19.0 Å². The lowest BCUT2D eigenvalue weighted by Gasteiger charge is -2.26. The monoisotopic (exact) mass is 380 g/mol. The number of benzene rings is 2. The summed E-state index contributed by atoms with van der Waals surface area (Å²) in [4.78, 5) is 8.88. The molecule has 1 saturated carbocycles. The molecule has 0 aliphatic heterocycles. The predicted molar refractivity (Wildman–Crippen MR) is 110 cm³/mol. The molecule has 0 unspecified atom stereocenters. The number of anilines is 1. The molecule has 6 heteroatoms. The molecule has 5 nitrogen and oxygen atoms in total. The van der Waals surface area contributed by atoms with Gasteiger partial charge >= 0.3 is 0 Å². The van der Waals surface area contributed by atoms with Gasteiger partial charge in [0.2, 0.25) is 0 Å². The van der Waals surface area contributed by atoms with Crippen LogP contribution in [0.15, 0.2) is 42.7 Å². The van der Waals surface area contributed by atoms with Crippen LogP contribution in [0.2, 0.25) is 0 Å². The predicted octanol–water partition coefficient (Wildman–Crippen LogP) is 4.37. The number of nitrogens with zero attached hydrogens (tertiary/aromatic N) is 2. The van der Waals surface area contributed by atoms with Crippen LogP contribution < -0.4 is 15.8 Å². The van der Waals surface area contributed by atoms with Crippen LogP contribution in [0.1, 0.15) is 25.7 Å². The molecule has 1 aliphatic rings. The van der Waals surface area contributed by atoms with Crippen molar-refractivity contribution in [1.82, 2.24) is 9.97 Å². The Labute approximate surface area is 164 Å². The second-order valence-corrected chi connectivity index (χ2v) is 7.47. The van der Waals surface area contributed by atoms with Crippen LogP contribution in [-0.4, -0.2) is 29.7 Å². The van der Waals surface area contributed by atoms with Gasteiger partial charge in [0.25, 0.3) is 0 Å². The molecule has 1 heterocycles. The first-order chi connectivity index (χ1) is 13.6. The fourth-order valence-corrected chi connectivity index (χ4v) is 3.87. The van der Waals surface area contributed by atoms with Gasteiger partial charge in [-0.3, -0.25) is 0 Å². The Hall–Kier alpha value is -2.73. The lowest BCUT2D eigenvalue weighted by atomic mass is 9.86. The Kier molecular flexibility index (Phi) is 5.39. The van der Waals surface area contributed by atoms with Crippen molar-refractivity contribution in [3.63, 3.8) is 0 Å². The fraction of sp³-hybridized carbons (Fsp3) is 0.364. The highest BCUT2D eigenvalue weighted by Gasteiger charge is 2.19. The third kappa shape index (κ3) is 3.92. The first-order valence-corrected chi connectivity index (χ1v) is 9.72. The van der Waals surface area contributed by atoms with Gasteiger partial charge in [-0.05, 0) is 67.0 Å². The van der Waals surface area contributed by atoms with Crippen LogP contribution in [0.25, 0.3) is 22.0 Å². The van der Waals surface area contributed by atoms with E-state index in [2.05, 4.69) is 15.3 Å². The van der Waals surface area contributed by atoms with Crippen molar-refractivity contribution in [3.05, 3.63) is 48.5 Å². The number of hydrogen-bond acceptors (Lipinski definition) is 5. The fourth-order valence-electron chi connectivity index (χ4n) is 3.87. The minimum atomic E-state index is -0.255. The molecule has 1 aromatic heterocycles. The Balaban J connectivity index is 1.66. The molecule has 2 aromatic carbocycles. The molecule has 3 aromatic rings. The Morgan fingerprint density at radius 1 is 1.07 bits per heavy atom. The highest BCUT2D eigenvalue weighted by atomic mass is 19.1. The van der Waals surface area contributed by atoms with Gasteiger partial charge in [-0.25, -0.2) is 14.4 Å². The summed E-state index contributed by atoms with van der Waals surface area (Å²) >= 11 is 0. The van der Waals surface area contributed by atoms with Crippen LogP contribution in [0.4, 0.5) is 10.2 Å². The lowest BCUT2D eigenvalue weighted by molar-refractivity contribution is 0.338. The Bertz CT molecular complexity index is 953. The first-order valence-electron chi connectivity index (χ1n) is 9.72. The van der Waals surface area contributed by atoms with Gasteiger partial charge < -0.3 is 15.8 Å². The van der Waals surface area contributed by atoms with Gasteiger partial charge in [0.1, 0.15) is 29.2 Å². The van der Waals surface area contributed by atoms with Crippen molar-refractivity contribution >= 4 is 16.7 Å². The number of ether oxygens (including phenoxy) is 1. The normalized spacial score (nSPS) is 19.5. The van der Waals surface area contributed by atoms with E-state index in [1.807, 2.05) is 12.1 Å². The van der Waals surface area contributed by atoms with E-state index in [0.29, 0.717) is 17.7 Å². The van der Waals surface area contributed by atoms with E-state index in [1.54, 1.807) is 25.6 Å². The van der Waals surface area contributed by atoms with Crippen molar-refractivity contribution in [1.29, 1.82) is 0 Å². The lowest BCUT2D eigenvalue weighted by Crippen LogP contribution is -2.29. The molecule has 0 radical (unpaired) electrons. The van der Waals surface area contributed by atoms with E-state index in [1.165, 1.54) is 12.1 Å². The summed E-state index contributed by atoms with van der Waals surface area (Å²) in [6, 6.07) is 10.7. The zero-order chi connectivity index (χ0) is 19.5. The van der Waals surface area contributed by atoms with Crippen LogP contribution in [-0.2, 0) is 0 Å². The summed E-state index contributed by atoms with van der Waals surface area (Å²) in [7, 11) is 1.63. The van der Waals surface area contributed by atoms with Crippen LogP contribution >= 0.6 is 0 Å². The maximum absolute atomic E-state index is 13.3. The average Bonchev–Trinajstić information content (AvgIpc) is 2.73. The van der Waals surface area contributed by atoms with Gasteiger partial charge in [0.15, 0.2) is 0 Å². The molecule has 0 amide bonds. The number of nitrogens with two attached hydrogens (primary N) is 1. The molecular formula is C22H25FN4O.